The molecule has 0 radical (unpaired) electrons. The number of carbonyl (C=O) groups is 1. The maximum Gasteiger partial charge on any atom is 0.331 e. The zero-order valence-electron chi connectivity index (χ0n) is 16.4. The average Bonchev–Trinajstić information content (AvgIpc) is 3.11. The monoisotopic (exact) mass is 468 g/mol. The number of carboxylic acids is 1. The molecule has 0 spiro atoms. The predicted octanol–water partition coefficient (Wildman–Crippen LogP) is 3.76. The van der Waals surface area contributed by atoms with Gasteiger partial charge in [0, 0.05) is 31.4 Å². The van der Waals surface area contributed by atoms with Crippen LogP contribution < -0.4 is 4.90 Å². The Morgan fingerprint density at radius 1 is 1.13 bits per heavy atom. The summed E-state index contributed by atoms with van der Waals surface area (Å²) in [6.07, 6.45) is 0.478. The standard InChI is InChI=1S/C21H22Cl2N2O4S/c1-14-13-24(10-11-25(14)16-6-7-18(22)19(23)12-16)30(28,29)21(20(26)27)9-8-15-4-2-3-5-17(15)21/h2-7,12,14H,8-11,13H2,1H3,(H,26,27)/t14-,21?/m0/s1. The molecule has 0 saturated carbocycles. The van der Waals surface area contributed by atoms with Crippen molar-refractivity contribution in [2.75, 3.05) is 24.5 Å². The normalized spacial score (nSPS) is 24.6. The molecule has 1 N–H and O–H groups in total. The fourth-order valence-electron chi connectivity index (χ4n) is 4.59. The Bertz CT molecular complexity index is 1110. The van der Waals surface area contributed by atoms with Gasteiger partial charge in [0.1, 0.15) is 0 Å². The van der Waals surface area contributed by atoms with Gasteiger partial charge in [-0.3, -0.25) is 4.79 Å². The van der Waals surface area contributed by atoms with Gasteiger partial charge in [-0.2, -0.15) is 4.31 Å². The van der Waals surface area contributed by atoms with E-state index in [4.69, 9.17) is 23.2 Å². The minimum atomic E-state index is -4.13. The van der Waals surface area contributed by atoms with E-state index in [0.717, 1.165) is 11.3 Å². The van der Waals surface area contributed by atoms with Gasteiger partial charge in [-0.05, 0) is 49.1 Å². The summed E-state index contributed by atoms with van der Waals surface area (Å²) in [6.45, 7) is 2.74. The van der Waals surface area contributed by atoms with Gasteiger partial charge in [-0.1, -0.05) is 47.5 Å². The number of aliphatic carboxylic acids is 1. The van der Waals surface area contributed by atoms with E-state index in [2.05, 4.69) is 4.90 Å². The fraction of sp³-hybridized carbons (Fsp3) is 0.381. The summed E-state index contributed by atoms with van der Waals surface area (Å²) in [6, 6.07) is 12.1. The molecule has 1 saturated heterocycles. The van der Waals surface area contributed by atoms with Crippen LogP contribution in [0, 0.1) is 0 Å². The number of sulfonamides is 1. The SMILES string of the molecule is C[C@H]1CN(S(=O)(=O)C2(C(=O)O)CCc3ccccc32)CCN1c1ccc(Cl)c(Cl)c1. The summed E-state index contributed by atoms with van der Waals surface area (Å²) < 4.78 is 26.8. The Labute approximate surface area is 186 Å². The van der Waals surface area contributed by atoms with Gasteiger partial charge in [-0.25, -0.2) is 8.42 Å². The van der Waals surface area contributed by atoms with Gasteiger partial charge in [-0.15, -0.1) is 0 Å². The van der Waals surface area contributed by atoms with Crippen molar-refractivity contribution in [3.05, 3.63) is 63.6 Å². The summed E-state index contributed by atoms with van der Waals surface area (Å²) in [5.74, 6) is -1.31. The Kier molecular flexibility index (Phi) is 5.51. The van der Waals surface area contributed by atoms with Crippen LogP contribution in [-0.2, 0) is 26.0 Å². The molecule has 2 aliphatic rings. The van der Waals surface area contributed by atoms with Gasteiger partial charge < -0.3 is 10.0 Å². The molecule has 1 aliphatic heterocycles. The van der Waals surface area contributed by atoms with Crippen LogP contribution in [0.15, 0.2) is 42.5 Å². The molecule has 2 atom stereocenters. The van der Waals surface area contributed by atoms with Crippen LogP contribution in [0.4, 0.5) is 5.69 Å². The quantitative estimate of drug-likeness (QED) is 0.738. The van der Waals surface area contributed by atoms with E-state index >= 15 is 0 Å². The second-order valence-electron chi connectivity index (χ2n) is 7.79. The topological polar surface area (TPSA) is 77.9 Å². The number of halogens is 2. The lowest BCUT2D eigenvalue weighted by Gasteiger charge is -2.43. The Morgan fingerprint density at radius 3 is 2.53 bits per heavy atom. The molecule has 1 fully saturated rings. The second-order valence-corrected chi connectivity index (χ2v) is 10.8. The number of hydrogen-bond acceptors (Lipinski definition) is 4. The molecular formula is C21H22Cl2N2O4S. The summed E-state index contributed by atoms with van der Waals surface area (Å²) in [7, 11) is -4.13. The number of fused-ring (bicyclic) bond motifs is 1. The summed E-state index contributed by atoms with van der Waals surface area (Å²) >= 11 is 12.1. The molecule has 0 bridgehead atoms. The van der Waals surface area contributed by atoms with Crippen LogP contribution in [0.1, 0.15) is 24.5 Å². The first-order valence-corrected chi connectivity index (χ1v) is 11.9. The van der Waals surface area contributed by atoms with Crippen LogP contribution in [-0.4, -0.2) is 49.5 Å². The van der Waals surface area contributed by atoms with E-state index in [-0.39, 0.29) is 25.6 Å². The van der Waals surface area contributed by atoms with Gasteiger partial charge in [0.15, 0.2) is 0 Å². The highest BCUT2D eigenvalue weighted by Gasteiger charge is 2.58. The molecule has 1 heterocycles. The van der Waals surface area contributed by atoms with E-state index in [9.17, 15) is 18.3 Å². The van der Waals surface area contributed by atoms with Gasteiger partial charge in [0.2, 0.25) is 14.8 Å². The second kappa shape index (κ2) is 7.71. The third kappa shape index (κ3) is 3.19. The van der Waals surface area contributed by atoms with E-state index in [1.54, 1.807) is 30.3 Å². The number of hydrogen-bond donors (Lipinski definition) is 1. The Balaban J connectivity index is 1.65. The van der Waals surface area contributed by atoms with Crippen LogP contribution >= 0.6 is 23.2 Å². The molecule has 0 aromatic heterocycles. The molecule has 0 amide bonds. The van der Waals surface area contributed by atoms with Gasteiger partial charge >= 0.3 is 5.97 Å². The highest BCUT2D eigenvalue weighted by Crippen LogP contribution is 2.45. The van der Waals surface area contributed by atoms with Crippen molar-refractivity contribution in [2.24, 2.45) is 0 Å². The van der Waals surface area contributed by atoms with Crippen molar-refractivity contribution in [2.45, 2.75) is 30.6 Å². The number of benzene rings is 2. The highest BCUT2D eigenvalue weighted by molar-refractivity contribution is 7.90. The number of anilines is 1. The maximum absolute atomic E-state index is 13.7. The van der Waals surface area contributed by atoms with E-state index in [1.165, 1.54) is 4.31 Å². The molecule has 2 aromatic rings. The average molecular weight is 469 g/mol. The van der Waals surface area contributed by atoms with Crippen LogP contribution in [0.3, 0.4) is 0 Å². The van der Waals surface area contributed by atoms with Crippen molar-refractivity contribution in [3.63, 3.8) is 0 Å². The predicted molar refractivity (Wildman–Crippen MR) is 118 cm³/mol. The third-order valence-corrected chi connectivity index (χ3v) is 9.38. The minimum Gasteiger partial charge on any atom is -0.480 e. The van der Waals surface area contributed by atoms with Crippen molar-refractivity contribution in [1.29, 1.82) is 0 Å². The third-order valence-electron chi connectivity index (χ3n) is 6.15. The van der Waals surface area contributed by atoms with Crippen LogP contribution in [0.2, 0.25) is 10.0 Å². The molecule has 160 valence electrons. The molecule has 9 heteroatoms. The first-order chi connectivity index (χ1) is 14.2. The van der Waals surface area contributed by atoms with Crippen molar-refractivity contribution in [1.82, 2.24) is 4.31 Å². The lowest BCUT2D eigenvalue weighted by molar-refractivity contribution is -0.140. The molecular weight excluding hydrogens is 447 g/mol. The molecule has 1 unspecified atom stereocenters. The van der Waals surface area contributed by atoms with Crippen LogP contribution in [0.5, 0.6) is 0 Å². The highest BCUT2D eigenvalue weighted by atomic mass is 35.5. The molecule has 6 nitrogen and oxygen atoms in total. The number of piperazine rings is 1. The van der Waals surface area contributed by atoms with Crippen molar-refractivity contribution >= 4 is 44.9 Å². The van der Waals surface area contributed by atoms with E-state index < -0.39 is 20.7 Å². The van der Waals surface area contributed by atoms with Crippen molar-refractivity contribution in [3.8, 4) is 0 Å². The Hall–Kier alpha value is -1.80. The lowest BCUT2D eigenvalue weighted by Crippen LogP contribution is -2.58. The maximum atomic E-state index is 13.7. The van der Waals surface area contributed by atoms with E-state index in [1.807, 2.05) is 19.1 Å². The van der Waals surface area contributed by atoms with Crippen LogP contribution in [0.25, 0.3) is 0 Å². The lowest BCUT2D eigenvalue weighted by atomic mass is 10.0. The summed E-state index contributed by atoms with van der Waals surface area (Å²) in [5, 5.41) is 11.0. The number of nitrogens with zero attached hydrogens (tertiary/aromatic N) is 2. The zero-order valence-corrected chi connectivity index (χ0v) is 18.7. The van der Waals surface area contributed by atoms with Gasteiger partial charge in [0.05, 0.1) is 10.0 Å². The first-order valence-electron chi connectivity index (χ1n) is 9.71. The summed E-state index contributed by atoms with van der Waals surface area (Å²) in [4.78, 5) is 14.4. The number of carboxylic acid groups (broad SMARTS) is 1. The van der Waals surface area contributed by atoms with Crippen molar-refractivity contribution < 1.29 is 18.3 Å². The molecule has 4 rings (SSSR count). The molecule has 30 heavy (non-hydrogen) atoms. The number of aryl methyl sites for hydroxylation is 1. The fourth-order valence-corrected chi connectivity index (χ4v) is 7.11. The first kappa shape index (κ1) is 21.4. The van der Waals surface area contributed by atoms with E-state index in [0.29, 0.717) is 28.6 Å². The molecule has 2 aromatic carbocycles. The largest absolute Gasteiger partial charge is 0.480 e. The summed E-state index contributed by atoms with van der Waals surface area (Å²) in [5.41, 5.74) is 2.02. The smallest absolute Gasteiger partial charge is 0.331 e. The minimum absolute atomic E-state index is 0.0470. The zero-order chi connectivity index (χ0) is 21.7. The van der Waals surface area contributed by atoms with Gasteiger partial charge in [0.25, 0.3) is 0 Å². The Morgan fingerprint density at radius 2 is 1.87 bits per heavy atom. The molecule has 1 aliphatic carbocycles. The number of rotatable bonds is 4.